The lowest BCUT2D eigenvalue weighted by molar-refractivity contribution is -0.143. The van der Waals surface area contributed by atoms with E-state index in [1.54, 1.807) is 0 Å². The van der Waals surface area contributed by atoms with Crippen LogP contribution in [0.4, 0.5) is 0 Å². The third-order valence-electron chi connectivity index (χ3n) is 4.14. The summed E-state index contributed by atoms with van der Waals surface area (Å²) < 4.78 is 0. The van der Waals surface area contributed by atoms with Gasteiger partial charge in [-0.3, -0.25) is 19.2 Å². The second-order valence-electron chi connectivity index (χ2n) is 6.76. The fourth-order valence-corrected chi connectivity index (χ4v) is 2.80. The molecule has 0 aliphatic rings. The van der Waals surface area contributed by atoms with Crippen LogP contribution < -0.4 is 27.4 Å². The van der Waals surface area contributed by atoms with Gasteiger partial charge in [0.2, 0.25) is 23.6 Å². The van der Waals surface area contributed by atoms with Crippen LogP contribution in [0.5, 0.6) is 0 Å². The van der Waals surface area contributed by atoms with Crippen LogP contribution in [-0.2, 0) is 24.0 Å². The average molecular weight is 466 g/mol. The lowest BCUT2D eigenvalue weighted by Gasteiger charge is -2.25. The maximum Gasteiger partial charge on any atom is 0.326 e. The van der Waals surface area contributed by atoms with E-state index in [1.807, 2.05) is 6.26 Å². The van der Waals surface area contributed by atoms with E-state index in [1.165, 1.54) is 18.7 Å². The molecule has 0 aromatic heterocycles. The number of nitrogens with one attached hydrogen (secondary N) is 3. The number of hydrogen-bond acceptors (Lipinski definition) is 9. The first-order valence-electron chi connectivity index (χ1n) is 9.40. The van der Waals surface area contributed by atoms with Gasteiger partial charge in [-0.1, -0.05) is 0 Å². The van der Waals surface area contributed by atoms with Crippen LogP contribution in [0.15, 0.2) is 0 Å². The Morgan fingerprint density at radius 3 is 2.00 bits per heavy atom. The van der Waals surface area contributed by atoms with Gasteiger partial charge >= 0.3 is 5.97 Å². The molecule has 0 aliphatic carbocycles. The average Bonchev–Trinajstić information content (AvgIpc) is 2.69. The molecule has 0 spiro atoms. The molecular weight excluding hydrogens is 434 g/mol. The Kier molecular flexibility index (Phi) is 13.4. The van der Waals surface area contributed by atoms with Crippen LogP contribution in [0.25, 0.3) is 0 Å². The number of carboxylic acids is 1. The quantitative estimate of drug-likeness (QED) is 0.118. The highest BCUT2D eigenvalue weighted by molar-refractivity contribution is 7.98. The number of aliphatic hydroxyl groups is 2. The predicted molar refractivity (Wildman–Crippen MR) is 112 cm³/mol. The molecule has 0 fully saturated rings. The number of thioether (sulfide) groups is 1. The van der Waals surface area contributed by atoms with E-state index in [-0.39, 0.29) is 12.8 Å². The minimum Gasteiger partial charge on any atom is -0.480 e. The summed E-state index contributed by atoms with van der Waals surface area (Å²) >= 11 is 1.48. The molecule has 0 bridgehead atoms. The van der Waals surface area contributed by atoms with Gasteiger partial charge in [0.15, 0.2) is 0 Å². The van der Waals surface area contributed by atoms with Crippen molar-refractivity contribution in [2.24, 2.45) is 11.5 Å². The van der Waals surface area contributed by atoms with Crippen molar-refractivity contribution in [3.63, 3.8) is 0 Å². The van der Waals surface area contributed by atoms with Gasteiger partial charge in [-0.05, 0) is 31.8 Å². The van der Waals surface area contributed by atoms with Crippen LogP contribution in [0.3, 0.4) is 0 Å². The van der Waals surface area contributed by atoms with E-state index in [9.17, 15) is 34.2 Å². The number of amides is 4. The first kappa shape index (κ1) is 28.6. The summed E-state index contributed by atoms with van der Waals surface area (Å²) in [5.74, 6) is -4.31. The van der Waals surface area contributed by atoms with Crippen molar-refractivity contribution in [1.29, 1.82) is 0 Å². The number of nitrogens with two attached hydrogens (primary N) is 2. The Balaban J connectivity index is 5.11. The zero-order valence-electron chi connectivity index (χ0n) is 17.4. The Bertz CT molecular complexity index is 648. The normalized spacial score (nSPS) is 15.6. The van der Waals surface area contributed by atoms with Crippen molar-refractivity contribution in [2.75, 3.05) is 18.6 Å². The zero-order valence-corrected chi connectivity index (χ0v) is 18.2. The van der Waals surface area contributed by atoms with Crippen molar-refractivity contribution in [3.05, 3.63) is 0 Å². The summed E-state index contributed by atoms with van der Waals surface area (Å²) in [6.45, 7) is 0.337. The van der Waals surface area contributed by atoms with Gasteiger partial charge in [0.05, 0.1) is 18.8 Å². The number of aliphatic hydroxyl groups excluding tert-OH is 2. The molecule has 5 unspecified atom stereocenters. The topological polar surface area (TPSA) is 234 Å². The van der Waals surface area contributed by atoms with E-state index in [4.69, 9.17) is 16.6 Å². The maximum absolute atomic E-state index is 12.5. The van der Waals surface area contributed by atoms with Crippen LogP contribution in [0.2, 0.25) is 0 Å². The van der Waals surface area contributed by atoms with E-state index in [0.29, 0.717) is 12.2 Å². The standard InChI is InChI=1S/C17H31N5O8S/c1-8(24)13(22-14(26)9(18)5-6-31-2)16(28)21-11(7-23)15(27)20-10(17(29)30)3-4-12(19)25/h8-11,13,23-24H,3-7,18H2,1-2H3,(H2,19,25)(H,20,27)(H,21,28)(H,22,26)(H,29,30). The minimum atomic E-state index is -1.58. The second kappa shape index (κ2) is 14.6. The summed E-state index contributed by atoms with van der Waals surface area (Å²) in [7, 11) is 0. The molecule has 13 nitrogen and oxygen atoms in total. The summed E-state index contributed by atoms with van der Waals surface area (Å²) in [4.78, 5) is 58.9. The molecule has 0 saturated carbocycles. The summed E-state index contributed by atoms with van der Waals surface area (Å²) in [6, 6.07) is -5.45. The fraction of sp³-hybridized carbons (Fsp3) is 0.706. The molecule has 4 amide bonds. The highest BCUT2D eigenvalue weighted by Gasteiger charge is 2.32. The van der Waals surface area contributed by atoms with Crippen LogP contribution in [0.1, 0.15) is 26.2 Å². The first-order chi connectivity index (χ1) is 14.4. The molecule has 0 rings (SSSR count). The van der Waals surface area contributed by atoms with E-state index in [0.717, 1.165) is 0 Å². The Morgan fingerprint density at radius 1 is 0.968 bits per heavy atom. The number of aliphatic carboxylic acids is 1. The lowest BCUT2D eigenvalue weighted by Crippen LogP contribution is -2.60. The summed E-state index contributed by atoms with van der Waals surface area (Å²) in [5, 5.41) is 34.9. The molecule has 0 heterocycles. The molecule has 10 N–H and O–H groups in total. The molecule has 5 atom stereocenters. The molecule has 178 valence electrons. The van der Waals surface area contributed by atoms with Gasteiger partial charge in [-0.2, -0.15) is 11.8 Å². The van der Waals surface area contributed by atoms with Crippen molar-refractivity contribution < 1.29 is 39.3 Å². The van der Waals surface area contributed by atoms with Crippen LogP contribution >= 0.6 is 11.8 Å². The second-order valence-corrected chi connectivity index (χ2v) is 7.75. The number of carbonyl (C=O) groups is 5. The van der Waals surface area contributed by atoms with Gasteiger partial charge in [0.1, 0.15) is 18.1 Å². The van der Waals surface area contributed by atoms with Crippen molar-refractivity contribution in [2.45, 2.75) is 56.5 Å². The number of primary amides is 1. The number of rotatable bonds is 15. The van der Waals surface area contributed by atoms with Gasteiger partial charge in [-0.25, -0.2) is 4.79 Å². The van der Waals surface area contributed by atoms with Gasteiger partial charge in [-0.15, -0.1) is 0 Å². The predicted octanol–water partition coefficient (Wildman–Crippen LogP) is -3.76. The largest absolute Gasteiger partial charge is 0.480 e. The Hall–Kier alpha value is -2.42. The Morgan fingerprint density at radius 2 is 1.55 bits per heavy atom. The number of carbonyl (C=O) groups excluding carboxylic acids is 4. The molecule has 0 aliphatic heterocycles. The maximum atomic E-state index is 12.5. The van der Waals surface area contributed by atoms with Crippen molar-refractivity contribution in [1.82, 2.24) is 16.0 Å². The number of hydrogen-bond donors (Lipinski definition) is 8. The molecule has 14 heteroatoms. The summed E-state index contributed by atoms with van der Waals surface area (Å²) in [6.07, 6.45) is 0.217. The highest BCUT2D eigenvalue weighted by Crippen LogP contribution is 2.02. The number of carboxylic acid groups (broad SMARTS) is 1. The van der Waals surface area contributed by atoms with Crippen LogP contribution in [0, 0.1) is 0 Å². The SMILES string of the molecule is CSCCC(N)C(=O)NC(C(=O)NC(CO)C(=O)NC(CCC(N)=O)C(=O)O)C(C)O. The van der Waals surface area contributed by atoms with E-state index in [2.05, 4.69) is 16.0 Å². The van der Waals surface area contributed by atoms with Gasteiger partial charge in [0.25, 0.3) is 0 Å². The molecule has 0 saturated heterocycles. The summed E-state index contributed by atoms with van der Waals surface area (Å²) in [5.41, 5.74) is 10.7. The highest BCUT2D eigenvalue weighted by atomic mass is 32.2. The lowest BCUT2D eigenvalue weighted by atomic mass is 10.1. The molecule has 0 aromatic carbocycles. The third-order valence-corrected chi connectivity index (χ3v) is 4.79. The Labute approximate surface area is 183 Å². The molecular formula is C17H31N5O8S. The minimum absolute atomic E-state index is 0.289. The third kappa shape index (κ3) is 11.0. The van der Waals surface area contributed by atoms with E-state index < -0.39 is 66.5 Å². The zero-order chi connectivity index (χ0) is 24.1. The van der Waals surface area contributed by atoms with Crippen LogP contribution in [-0.4, -0.2) is 93.8 Å². The first-order valence-corrected chi connectivity index (χ1v) is 10.8. The molecule has 0 aromatic rings. The molecule has 31 heavy (non-hydrogen) atoms. The fourth-order valence-electron chi connectivity index (χ4n) is 2.31. The van der Waals surface area contributed by atoms with E-state index >= 15 is 0 Å². The smallest absolute Gasteiger partial charge is 0.326 e. The van der Waals surface area contributed by atoms with Crippen molar-refractivity contribution >= 4 is 41.4 Å². The van der Waals surface area contributed by atoms with Crippen molar-refractivity contribution in [3.8, 4) is 0 Å². The molecule has 0 radical (unpaired) electrons. The monoisotopic (exact) mass is 465 g/mol. The van der Waals surface area contributed by atoms with Gasteiger partial charge in [0, 0.05) is 6.42 Å². The van der Waals surface area contributed by atoms with Gasteiger partial charge < -0.3 is 42.7 Å².